The lowest BCUT2D eigenvalue weighted by Crippen LogP contribution is -2.63. The second kappa shape index (κ2) is 8.08. The summed E-state index contributed by atoms with van der Waals surface area (Å²) in [5, 5.41) is 33.1. The van der Waals surface area contributed by atoms with Crippen molar-refractivity contribution < 1.29 is 24.9 Å². The number of carboxylic acids is 1. The van der Waals surface area contributed by atoms with Crippen molar-refractivity contribution in [2.24, 2.45) is 17.6 Å². The van der Waals surface area contributed by atoms with E-state index in [0.717, 1.165) is 17.9 Å². The van der Waals surface area contributed by atoms with Crippen LogP contribution in [0, 0.1) is 11.8 Å². The first-order valence-electron chi connectivity index (χ1n) is 9.53. The molecule has 3 aliphatic heterocycles. The third-order valence-corrected chi connectivity index (χ3v) is 7.35. The minimum absolute atomic E-state index is 0.0750. The summed E-state index contributed by atoms with van der Waals surface area (Å²) < 4.78 is 0. The average molecular weight is 400 g/mol. The number of aliphatic hydroxyl groups is 2. The van der Waals surface area contributed by atoms with Crippen LogP contribution in [0.5, 0.6) is 0 Å². The summed E-state index contributed by atoms with van der Waals surface area (Å²) in [6.07, 6.45) is 0.810. The highest BCUT2D eigenvalue weighted by Gasteiger charge is 2.60. The quantitative estimate of drug-likeness (QED) is 0.351. The predicted molar refractivity (Wildman–Crippen MR) is 102 cm³/mol. The normalized spacial score (nSPS) is 35.2. The van der Waals surface area contributed by atoms with Crippen molar-refractivity contribution in [1.29, 1.82) is 0 Å². The van der Waals surface area contributed by atoms with Crippen molar-refractivity contribution >= 4 is 23.6 Å². The van der Waals surface area contributed by atoms with Crippen LogP contribution in [-0.4, -0.2) is 74.7 Å². The van der Waals surface area contributed by atoms with Crippen LogP contribution in [0.2, 0.25) is 0 Å². The Bertz CT molecular complexity index is 640. The summed E-state index contributed by atoms with van der Waals surface area (Å²) in [6, 6.07) is -0.0962. The first kappa shape index (κ1) is 20.6. The number of rotatable bonds is 8. The molecule has 2 fully saturated rings. The summed E-state index contributed by atoms with van der Waals surface area (Å²) in [5.41, 5.74) is 5.55. The minimum Gasteiger partial charge on any atom is -0.477 e. The van der Waals surface area contributed by atoms with Gasteiger partial charge in [0.1, 0.15) is 5.70 Å². The Kier molecular flexibility index (Phi) is 6.17. The molecular formula is C18H29N3O5S. The van der Waals surface area contributed by atoms with Crippen LogP contribution in [0.15, 0.2) is 10.6 Å². The molecule has 0 aliphatic carbocycles. The van der Waals surface area contributed by atoms with Gasteiger partial charge in [-0.1, -0.05) is 6.92 Å². The average Bonchev–Trinajstić information content (AvgIpc) is 3.10. The van der Waals surface area contributed by atoms with Crippen LogP contribution >= 0.6 is 11.8 Å². The van der Waals surface area contributed by atoms with Crippen LogP contribution < -0.4 is 11.1 Å². The number of carbonyl (C=O) groups is 2. The number of amides is 1. The molecule has 0 bridgehead atoms. The fourth-order valence-corrected chi connectivity index (χ4v) is 6.07. The predicted octanol–water partition coefficient (Wildman–Crippen LogP) is -0.296. The van der Waals surface area contributed by atoms with E-state index in [9.17, 15) is 24.9 Å². The molecule has 0 radical (unpaired) electrons. The van der Waals surface area contributed by atoms with Gasteiger partial charge in [0.2, 0.25) is 5.91 Å². The number of hydrogen-bond acceptors (Lipinski definition) is 7. The smallest absolute Gasteiger partial charge is 0.353 e. The maximum Gasteiger partial charge on any atom is 0.353 e. The molecule has 27 heavy (non-hydrogen) atoms. The Morgan fingerprint density at radius 3 is 2.74 bits per heavy atom. The molecule has 0 aromatic rings. The van der Waals surface area contributed by atoms with Gasteiger partial charge in [0.15, 0.2) is 0 Å². The number of hydrogen-bond donors (Lipinski definition) is 5. The number of thioether (sulfide) groups is 1. The molecule has 2 saturated heterocycles. The third kappa shape index (κ3) is 3.75. The monoisotopic (exact) mass is 399 g/mol. The van der Waals surface area contributed by atoms with Gasteiger partial charge in [-0.25, -0.2) is 4.79 Å². The number of nitrogens with two attached hydrogens (primary N) is 1. The summed E-state index contributed by atoms with van der Waals surface area (Å²) in [7, 11) is 0. The van der Waals surface area contributed by atoms with Gasteiger partial charge in [0.25, 0.3) is 0 Å². The highest BCUT2D eigenvalue weighted by atomic mass is 32.2. The summed E-state index contributed by atoms with van der Waals surface area (Å²) in [5.74, 6) is -2.04. The van der Waals surface area contributed by atoms with Gasteiger partial charge in [-0.3, -0.25) is 4.79 Å². The minimum atomic E-state index is -1.09. The Labute approximate surface area is 163 Å². The number of carbonyl (C=O) groups excluding carboxylic acids is 1. The molecule has 0 saturated carbocycles. The van der Waals surface area contributed by atoms with E-state index < -0.39 is 24.1 Å². The van der Waals surface area contributed by atoms with E-state index in [-0.39, 0.29) is 34.9 Å². The molecule has 8 nitrogen and oxygen atoms in total. The van der Waals surface area contributed by atoms with E-state index in [1.165, 1.54) is 16.7 Å². The van der Waals surface area contributed by atoms with E-state index in [1.807, 2.05) is 6.92 Å². The Morgan fingerprint density at radius 2 is 2.15 bits per heavy atom. The molecule has 0 aromatic carbocycles. The summed E-state index contributed by atoms with van der Waals surface area (Å²) in [4.78, 5) is 26.3. The van der Waals surface area contributed by atoms with E-state index >= 15 is 0 Å². The van der Waals surface area contributed by atoms with Gasteiger partial charge < -0.3 is 31.3 Å². The van der Waals surface area contributed by atoms with E-state index in [4.69, 9.17) is 5.73 Å². The second-order valence-corrected chi connectivity index (χ2v) is 9.16. The van der Waals surface area contributed by atoms with Gasteiger partial charge in [-0.2, -0.15) is 0 Å². The number of carboxylic acid groups (broad SMARTS) is 1. The van der Waals surface area contributed by atoms with Crippen molar-refractivity contribution in [3.8, 4) is 0 Å². The van der Waals surface area contributed by atoms with Crippen molar-refractivity contribution in [3.05, 3.63) is 10.6 Å². The number of aliphatic carboxylic acids is 1. The highest BCUT2D eigenvalue weighted by Crippen LogP contribution is 2.51. The van der Waals surface area contributed by atoms with Crippen LogP contribution in [0.3, 0.4) is 0 Å². The van der Waals surface area contributed by atoms with Gasteiger partial charge in [-0.05, 0) is 32.7 Å². The Hall–Kier alpha value is -1.13. The topological polar surface area (TPSA) is 136 Å². The molecule has 7 atom stereocenters. The fourth-order valence-electron chi connectivity index (χ4n) is 4.55. The highest BCUT2D eigenvalue weighted by molar-refractivity contribution is 8.03. The van der Waals surface area contributed by atoms with Crippen LogP contribution in [0.1, 0.15) is 33.1 Å². The first-order chi connectivity index (χ1) is 12.8. The van der Waals surface area contributed by atoms with Gasteiger partial charge >= 0.3 is 5.97 Å². The zero-order valence-corrected chi connectivity index (χ0v) is 16.5. The van der Waals surface area contributed by atoms with Crippen molar-refractivity contribution in [1.82, 2.24) is 10.2 Å². The fraction of sp³-hybridized carbons (Fsp3) is 0.778. The lowest BCUT2D eigenvalue weighted by molar-refractivity contribution is -0.163. The third-order valence-electron chi connectivity index (χ3n) is 5.84. The maximum absolute atomic E-state index is 12.4. The van der Waals surface area contributed by atoms with Crippen molar-refractivity contribution in [3.63, 3.8) is 0 Å². The van der Waals surface area contributed by atoms with Crippen LogP contribution in [0.25, 0.3) is 0 Å². The van der Waals surface area contributed by atoms with Crippen molar-refractivity contribution in [2.45, 2.75) is 62.7 Å². The maximum atomic E-state index is 12.4. The summed E-state index contributed by atoms with van der Waals surface area (Å²) >= 11 is 1.52. The molecule has 0 spiro atoms. The van der Waals surface area contributed by atoms with E-state index in [2.05, 4.69) is 5.32 Å². The lowest BCUT2D eigenvalue weighted by Gasteiger charge is -2.46. The van der Waals surface area contributed by atoms with E-state index in [1.54, 1.807) is 6.92 Å². The largest absolute Gasteiger partial charge is 0.477 e. The molecular weight excluding hydrogens is 370 g/mol. The molecule has 9 heteroatoms. The lowest BCUT2D eigenvalue weighted by atomic mass is 9.79. The summed E-state index contributed by atoms with van der Waals surface area (Å²) in [6.45, 7) is 4.69. The molecule has 152 valence electrons. The SMILES string of the molecule is C[C@@H](O)[C@H]1C(=O)N2C(C(=O)O)=C(S[C@@H]3CN[C@H](C[C@@H](O)CCN)C3)[C@H](C)[C@H]12. The van der Waals surface area contributed by atoms with Gasteiger partial charge in [0, 0.05) is 28.7 Å². The Balaban J connectivity index is 1.69. The number of aliphatic hydroxyl groups excluding tert-OH is 2. The van der Waals surface area contributed by atoms with E-state index in [0.29, 0.717) is 19.4 Å². The standard InChI is InChI=1S/C18H29N3O5S/c1-8-14-13(9(2)22)17(24)21(14)15(18(25)26)16(8)27-12-6-10(20-7-12)5-11(23)3-4-19/h8-14,20,22-23H,3-7,19H2,1-2H3,(H,25,26)/t8-,9-,10-,11+,12+,13-,14-/m1/s1. The Morgan fingerprint density at radius 1 is 1.44 bits per heavy atom. The zero-order chi connectivity index (χ0) is 19.9. The van der Waals surface area contributed by atoms with Crippen LogP contribution in [-0.2, 0) is 9.59 Å². The number of fused-ring (bicyclic) bond motifs is 1. The van der Waals surface area contributed by atoms with Gasteiger partial charge in [0.05, 0.1) is 24.2 Å². The zero-order valence-electron chi connectivity index (χ0n) is 15.7. The molecule has 3 rings (SSSR count). The van der Waals surface area contributed by atoms with Crippen molar-refractivity contribution in [2.75, 3.05) is 13.1 Å². The number of β-lactam (4-membered cyclic amide) rings is 1. The molecule has 6 N–H and O–H groups in total. The molecule has 3 aliphatic rings. The first-order valence-corrected chi connectivity index (χ1v) is 10.4. The second-order valence-electron chi connectivity index (χ2n) is 7.82. The van der Waals surface area contributed by atoms with Gasteiger partial charge in [-0.15, -0.1) is 11.8 Å². The molecule has 0 unspecified atom stereocenters. The number of nitrogens with one attached hydrogen (secondary N) is 1. The number of nitrogens with zero attached hydrogens (tertiary/aromatic N) is 1. The molecule has 0 aromatic heterocycles. The molecule has 1 amide bonds. The molecule has 3 heterocycles. The van der Waals surface area contributed by atoms with Crippen LogP contribution in [0.4, 0.5) is 0 Å².